The molecule has 0 spiro atoms. The third-order valence-electron chi connectivity index (χ3n) is 1.21. The van der Waals surface area contributed by atoms with Gasteiger partial charge in [-0.1, -0.05) is 3.89 Å². The quantitative estimate of drug-likeness (QED) is 0.715. The summed E-state index contributed by atoms with van der Waals surface area (Å²) >= 11 is 0.852. The third kappa shape index (κ3) is 3.02. The fourth-order valence-electron chi connectivity index (χ4n) is 0.787. The van der Waals surface area contributed by atoms with Crippen molar-refractivity contribution in [3.63, 3.8) is 0 Å². The topological polar surface area (TPSA) is 50.3 Å². The van der Waals surface area contributed by atoms with Crippen LogP contribution < -0.4 is 0 Å². The fourth-order valence-corrected chi connectivity index (χ4v) is 2.44. The number of halogens is 1. The highest BCUT2D eigenvalue weighted by molar-refractivity contribution is 7.88. The largest absolute Gasteiger partial charge is 0.359 e. The lowest BCUT2D eigenvalue weighted by molar-refractivity contribution is 0.406. The Hall–Kier alpha value is -0.530. The van der Waals surface area contributed by atoms with Crippen molar-refractivity contribution in [2.45, 2.75) is 10.9 Å². The summed E-state index contributed by atoms with van der Waals surface area (Å²) in [5.74, 6) is 0. The summed E-state index contributed by atoms with van der Waals surface area (Å²) in [6.07, 6.45) is 1.37. The Morgan fingerprint density at radius 2 is 2.23 bits per heavy atom. The third-order valence-corrected chi connectivity index (χ3v) is 3.36. The summed E-state index contributed by atoms with van der Waals surface area (Å²) in [5.41, 5.74) is 0. The van der Waals surface area contributed by atoms with E-state index in [1.807, 2.05) is 19.0 Å². The molecule has 1 rings (SSSR count). The Morgan fingerprint density at radius 1 is 1.62 bits per heavy atom. The van der Waals surface area contributed by atoms with Crippen molar-refractivity contribution < 1.29 is 12.3 Å². The van der Waals surface area contributed by atoms with Crippen molar-refractivity contribution in [2.75, 3.05) is 14.1 Å². The first kappa shape index (κ1) is 10.6. The van der Waals surface area contributed by atoms with Gasteiger partial charge < -0.3 is 4.90 Å². The van der Waals surface area contributed by atoms with Gasteiger partial charge in [-0.25, -0.2) is 4.98 Å². The fraction of sp³-hybridized carbons (Fsp3) is 0.500. The Kier molecular flexibility index (Phi) is 2.99. The molecule has 0 saturated carbocycles. The zero-order chi connectivity index (χ0) is 10.1. The van der Waals surface area contributed by atoms with Gasteiger partial charge in [0.25, 0.3) is 0 Å². The van der Waals surface area contributed by atoms with Crippen LogP contribution in [0.2, 0.25) is 0 Å². The van der Waals surface area contributed by atoms with E-state index in [9.17, 15) is 12.3 Å². The molecule has 1 aromatic rings. The molecule has 0 aromatic carbocycles. The van der Waals surface area contributed by atoms with Gasteiger partial charge in [0, 0.05) is 17.6 Å². The molecular formula is C6H9FN2O2S2. The summed E-state index contributed by atoms with van der Waals surface area (Å²) < 4.78 is 32.7. The lowest BCUT2D eigenvalue weighted by atomic mass is 10.5. The van der Waals surface area contributed by atoms with E-state index in [1.165, 1.54) is 6.20 Å². The van der Waals surface area contributed by atoms with E-state index < -0.39 is 14.6 Å². The molecule has 1 aromatic heterocycles. The highest BCUT2D eigenvalue weighted by Crippen LogP contribution is 2.20. The number of nitrogens with zero attached hydrogens (tertiary/aromatic N) is 2. The van der Waals surface area contributed by atoms with Gasteiger partial charge in [0.2, 0.25) is 4.34 Å². The first-order valence-corrected chi connectivity index (χ1v) is 5.63. The molecule has 0 N–H and O–H groups in total. The molecule has 0 unspecified atom stereocenters. The molecule has 1 heterocycles. The number of thiazole rings is 1. The van der Waals surface area contributed by atoms with Crippen molar-refractivity contribution in [3.05, 3.63) is 11.1 Å². The van der Waals surface area contributed by atoms with Crippen LogP contribution >= 0.6 is 11.3 Å². The molecule has 0 amide bonds. The van der Waals surface area contributed by atoms with E-state index in [0.29, 0.717) is 6.54 Å². The van der Waals surface area contributed by atoms with Crippen LogP contribution in [0.5, 0.6) is 0 Å². The standard InChI is InChI=1S/C6H9FN2O2S2/c1-9(2)4-5-3-8-6(12-5)13(7,10)11/h3H,4H2,1-2H3. The maximum absolute atomic E-state index is 12.4. The van der Waals surface area contributed by atoms with Gasteiger partial charge in [0.15, 0.2) is 0 Å². The zero-order valence-corrected chi connectivity index (χ0v) is 8.82. The number of rotatable bonds is 3. The van der Waals surface area contributed by atoms with Crippen molar-refractivity contribution >= 4 is 21.6 Å². The molecule has 13 heavy (non-hydrogen) atoms. The van der Waals surface area contributed by atoms with Crippen LogP contribution in [0.4, 0.5) is 3.89 Å². The van der Waals surface area contributed by atoms with Crippen LogP contribution in [-0.4, -0.2) is 32.4 Å². The molecule has 7 heteroatoms. The minimum atomic E-state index is -4.63. The Labute approximate surface area is 80.2 Å². The molecular weight excluding hydrogens is 215 g/mol. The highest BCUT2D eigenvalue weighted by Gasteiger charge is 2.16. The van der Waals surface area contributed by atoms with Crippen molar-refractivity contribution in [1.82, 2.24) is 9.88 Å². The van der Waals surface area contributed by atoms with E-state index in [1.54, 1.807) is 0 Å². The summed E-state index contributed by atoms with van der Waals surface area (Å²) in [5, 5.41) is 0. The molecule has 0 fully saturated rings. The maximum atomic E-state index is 12.4. The van der Waals surface area contributed by atoms with Gasteiger partial charge in [0.05, 0.1) is 0 Å². The lowest BCUT2D eigenvalue weighted by Gasteiger charge is -2.04. The Bertz CT molecular complexity index is 385. The monoisotopic (exact) mass is 224 g/mol. The molecule has 4 nitrogen and oxygen atoms in total. The predicted molar refractivity (Wildman–Crippen MR) is 47.8 cm³/mol. The van der Waals surface area contributed by atoms with Gasteiger partial charge in [0.1, 0.15) is 0 Å². The van der Waals surface area contributed by atoms with E-state index in [0.717, 1.165) is 16.2 Å². The predicted octanol–water partition coefficient (Wildman–Crippen LogP) is 0.863. The summed E-state index contributed by atoms with van der Waals surface area (Å²) in [4.78, 5) is 6.04. The van der Waals surface area contributed by atoms with Crippen LogP contribution in [0.3, 0.4) is 0 Å². The smallest absolute Gasteiger partial charge is 0.304 e. The Balaban J connectivity index is 2.88. The average molecular weight is 224 g/mol. The minimum Gasteiger partial charge on any atom is -0.304 e. The number of aromatic nitrogens is 1. The van der Waals surface area contributed by atoms with Gasteiger partial charge in [-0.3, -0.25) is 0 Å². The van der Waals surface area contributed by atoms with E-state index in [-0.39, 0.29) is 0 Å². The molecule has 0 radical (unpaired) electrons. The normalized spacial score (nSPS) is 12.3. The van der Waals surface area contributed by atoms with Crippen molar-refractivity contribution in [3.8, 4) is 0 Å². The van der Waals surface area contributed by atoms with Crippen LogP contribution in [0.25, 0.3) is 0 Å². The average Bonchev–Trinajstić information content (AvgIpc) is 2.32. The summed E-state index contributed by atoms with van der Waals surface area (Å²) in [7, 11) is -0.956. The van der Waals surface area contributed by atoms with Gasteiger partial charge in [-0.15, -0.1) is 11.3 Å². The molecule has 0 aliphatic rings. The molecule has 0 saturated heterocycles. The number of hydrogen-bond donors (Lipinski definition) is 0. The van der Waals surface area contributed by atoms with E-state index >= 15 is 0 Å². The zero-order valence-electron chi connectivity index (χ0n) is 7.19. The highest BCUT2D eigenvalue weighted by atomic mass is 32.3. The van der Waals surface area contributed by atoms with Gasteiger partial charge >= 0.3 is 10.2 Å². The van der Waals surface area contributed by atoms with Crippen LogP contribution in [0.1, 0.15) is 4.88 Å². The van der Waals surface area contributed by atoms with Gasteiger partial charge in [-0.2, -0.15) is 8.42 Å². The summed E-state index contributed by atoms with van der Waals surface area (Å²) in [6.45, 7) is 0.563. The first-order chi connectivity index (χ1) is 5.89. The lowest BCUT2D eigenvalue weighted by Crippen LogP contribution is -2.09. The second-order valence-corrected chi connectivity index (χ2v) is 5.40. The van der Waals surface area contributed by atoms with E-state index in [4.69, 9.17) is 0 Å². The van der Waals surface area contributed by atoms with Crippen LogP contribution in [-0.2, 0) is 16.8 Å². The second-order valence-electron chi connectivity index (χ2n) is 2.77. The Morgan fingerprint density at radius 3 is 2.62 bits per heavy atom. The second kappa shape index (κ2) is 3.69. The van der Waals surface area contributed by atoms with Gasteiger partial charge in [-0.05, 0) is 14.1 Å². The van der Waals surface area contributed by atoms with Crippen LogP contribution in [0, 0.1) is 0 Å². The molecule has 0 atom stereocenters. The van der Waals surface area contributed by atoms with E-state index in [2.05, 4.69) is 4.98 Å². The molecule has 0 aliphatic heterocycles. The SMILES string of the molecule is CN(C)Cc1cnc(S(=O)(=O)F)s1. The minimum absolute atomic E-state index is 0.468. The molecule has 0 aliphatic carbocycles. The number of hydrogen-bond acceptors (Lipinski definition) is 5. The first-order valence-electron chi connectivity index (χ1n) is 3.43. The molecule has 74 valence electrons. The summed E-state index contributed by atoms with van der Waals surface area (Å²) in [6, 6.07) is 0. The van der Waals surface area contributed by atoms with Crippen molar-refractivity contribution in [2.24, 2.45) is 0 Å². The maximum Gasteiger partial charge on any atom is 0.359 e. The van der Waals surface area contributed by atoms with Crippen LogP contribution in [0.15, 0.2) is 10.5 Å². The molecule has 0 bridgehead atoms. The van der Waals surface area contributed by atoms with Crippen molar-refractivity contribution in [1.29, 1.82) is 0 Å².